The highest BCUT2D eigenvalue weighted by molar-refractivity contribution is 5.75. The van der Waals surface area contributed by atoms with Crippen LogP contribution in [-0.4, -0.2) is 0 Å². The standard InChI is InChI=1S/C28H34/c1-4-7-13-24-18-21-25(11-5-2)28(27(24)12-6-3)26-19-16-23(17-20-26)22-14-9-8-10-15-22/h8-10,14-21H,4-7,11-13H2,1-3H3. The van der Waals surface area contributed by atoms with Crippen molar-refractivity contribution in [3.63, 3.8) is 0 Å². The number of unbranched alkanes of at least 4 members (excludes halogenated alkanes) is 1. The topological polar surface area (TPSA) is 0 Å². The minimum atomic E-state index is 1.15. The first kappa shape index (κ1) is 20.4. The third kappa shape index (κ3) is 4.73. The van der Waals surface area contributed by atoms with Gasteiger partial charge in [0.25, 0.3) is 0 Å². The van der Waals surface area contributed by atoms with E-state index in [1.807, 2.05) is 0 Å². The van der Waals surface area contributed by atoms with Crippen LogP contribution in [0, 0.1) is 0 Å². The first-order valence-electron chi connectivity index (χ1n) is 11.1. The van der Waals surface area contributed by atoms with E-state index in [1.54, 1.807) is 11.1 Å². The van der Waals surface area contributed by atoms with Crippen LogP contribution >= 0.6 is 0 Å². The third-order valence-corrected chi connectivity index (χ3v) is 5.60. The van der Waals surface area contributed by atoms with Crippen LogP contribution in [0.2, 0.25) is 0 Å². The summed E-state index contributed by atoms with van der Waals surface area (Å²) >= 11 is 0. The van der Waals surface area contributed by atoms with Crippen molar-refractivity contribution in [1.29, 1.82) is 0 Å². The van der Waals surface area contributed by atoms with Gasteiger partial charge in [-0.05, 0) is 64.6 Å². The molecule has 0 N–H and O–H groups in total. The Morgan fingerprint density at radius 3 is 1.75 bits per heavy atom. The van der Waals surface area contributed by atoms with Gasteiger partial charge in [-0.1, -0.05) is 107 Å². The SMILES string of the molecule is CCCCc1ccc(CCC)c(-c2ccc(-c3ccccc3)cc2)c1CCC. The van der Waals surface area contributed by atoms with E-state index in [0.29, 0.717) is 0 Å². The molecule has 146 valence electrons. The quantitative estimate of drug-likeness (QED) is 0.355. The minimum Gasteiger partial charge on any atom is -0.0654 e. The van der Waals surface area contributed by atoms with Crippen LogP contribution < -0.4 is 0 Å². The number of rotatable bonds is 9. The lowest BCUT2D eigenvalue weighted by atomic mass is 9.85. The van der Waals surface area contributed by atoms with Gasteiger partial charge in [0.1, 0.15) is 0 Å². The van der Waals surface area contributed by atoms with Crippen LogP contribution in [0.4, 0.5) is 0 Å². The summed E-state index contributed by atoms with van der Waals surface area (Å²) in [5.74, 6) is 0. The summed E-state index contributed by atoms with van der Waals surface area (Å²) in [5, 5.41) is 0. The smallest absolute Gasteiger partial charge is 0.0117 e. The summed E-state index contributed by atoms with van der Waals surface area (Å²) in [6, 6.07) is 24.7. The maximum atomic E-state index is 2.41. The van der Waals surface area contributed by atoms with Crippen molar-refractivity contribution >= 4 is 0 Å². The fraction of sp³-hybridized carbons (Fsp3) is 0.357. The van der Waals surface area contributed by atoms with E-state index < -0.39 is 0 Å². The molecule has 28 heavy (non-hydrogen) atoms. The molecule has 0 saturated carbocycles. The van der Waals surface area contributed by atoms with Gasteiger partial charge in [0, 0.05) is 0 Å². The molecule has 0 radical (unpaired) electrons. The maximum absolute atomic E-state index is 2.41. The first-order valence-corrected chi connectivity index (χ1v) is 11.1. The highest BCUT2D eigenvalue weighted by atomic mass is 14.2. The molecule has 0 unspecified atom stereocenters. The third-order valence-electron chi connectivity index (χ3n) is 5.60. The lowest BCUT2D eigenvalue weighted by molar-refractivity contribution is 0.779. The van der Waals surface area contributed by atoms with E-state index >= 15 is 0 Å². The highest BCUT2D eigenvalue weighted by Gasteiger charge is 2.14. The minimum absolute atomic E-state index is 1.15. The zero-order valence-corrected chi connectivity index (χ0v) is 17.8. The first-order chi connectivity index (χ1) is 13.8. The molecule has 3 rings (SSSR count). The maximum Gasteiger partial charge on any atom is -0.0117 e. The van der Waals surface area contributed by atoms with Crippen LogP contribution in [0.15, 0.2) is 66.7 Å². The van der Waals surface area contributed by atoms with Gasteiger partial charge in [-0.25, -0.2) is 0 Å². The lowest BCUT2D eigenvalue weighted by Gasteiger charge is -2.19. The van der Waals surface area contributed by atoms with Gasteiger partial charge in [0.05, 0.1) is 0 Å². The van der Waals surface area contributed by atoms with E-state index in [1.165, 1.54) is 66.3 Å². The summed E-state index contributed by atoms with van der Waals surface area (Å²) < 4.78 is 0. The molecule has 0 aliphatic carbocycles. The normalized spacial score (nSPS) is 11.0. The van der Waals surface area contributed by atoms with Crippen LogP contribution in [0.25, 0.3) is 22.3 Å². The van der Waals surface area contributed by atoms with Gasteiger partial charge in [-0.2, -0.15) is 0 Å². The zero-order chi connectivity index (χ0) is 19.8. The van der Waals surface area contributed by atoms with Gasteiger partial charge in [0.2, 0.25) is 0 Å². The Kier molecular flexibility index (Phi) is 7.48. The Morgan fingerprint density at radius 1 is 0.500 bits per heavy atom. The van der Waals surface area contributed by atoms with E-state index in [9.17, 15) is 0 Å². The average molecular weight is 371 g/mol. The molecule has 0 atom stereocenters. The molecule has 0 heterocycles. The van der Waals surface area contributed by atoms with E-state index in [4.69, 9.17) is 0 Å². The molecule has 0 fully saturated rings. The second kappa shape index (κ2) is 10.3. The van der Waals surface area contributed by atoms with Crippen molar-refractivity contribution in [3.05, 3.63) is 83.4 Å². The van der Waals surface area contributed by atoms with E-state index in [-0.39, 0.29) is 0 Å². The van der Waals surface area contributed by atoms with Crippen molar-refractivity contribution in [2.45, 2.75) is 65.7 Å². The van der Waals surface area contributed by atoms with E-state index in [0.717, 1.165) is 6.42 Å². The number of aryl methyl sites for hydroxylation is 2. The Labute approximate surface area is 171 Å². The van der Waals surface area contributed by atoms with Gasteiger partial charge < -0.3 is 0 Å². The van der Waals surface area contributed by atoms with Crippen LogP contribution in [0.1, 0.15) is 63.1 Å². The molecule has 0 aliphatic rings. The number of hydrogen-bond acceptors (Lipinski definition) is 0. The fourth-order valence-electron chi connectivity index (χ4n) is 4.17. The largest absolute Gasteiger partial charge is 0.0654 e. The molecule has 3 aromatic carbocycles. The molecule has 0 bridgehead atoms. The van der Waals surface area contributed by atoms with Crippen LogP contribution in [0.5, 0.6) is 0 Å². The predicted molar refractivity (Wildman–Crippen MR) is 124 cm³/mol. The van der Waals surface area contributed by atoms with Gasteiger partial charge in [-0.3, -0.25) is 0 Å². The summed E-state index contributed by atoms with van der Waals surface area (Å²) in [6.45, 7) is 6.87. The van der Waals surface area contributed by atoms with Crippen molar-refractivity contribution in [3.8, 4) is 22.3 Å². The van der Waals surface area contributed by atoms with E-state index in [2.05, 4.69) is 87.5 Å². The Morgan fingerprint density at radius 2 is 1.11 bits per heavy atom. The molecule has 3 aromatic rings. The molecular formula is C28H34. The summed E-state index contributed by atoms with van der Waals surface area (Å²) in [7, 11) is 0. The average Bonchev–Trinajstić information content (AvgIpc) is 2.74. The van der Waals surface area contributed by atoms with Crippen LogP contribution in [-0.2, 0) is 19.3 Å². The Hall–Kier alpha value is -2.34. The highest BCUT2D eigenvalue weighted by Crippen LogP contribution is 2.34. The monoisotopic (exact) mass is 370 g/mol. The Bertz CT molecular complexity index is 857. The Balaban J connectivity index is 2.07. The molecule has 0 saturated heterocycles. The second-order valence-electron chi connectivity index (χ2n) is 7.78. The van der Waals surface area contributed by atoms with Crippen molar-refractivity contribution in [1.82, 2.24) is 0 Å². The molecule has 0 spiro atoms. The number of hydrogen-bond donors (Lipinski definition) is 0. The summed E-state index contributed by atoms with van der Waals surface area (Å²) in [6.07, 6.45) is 8.44. The summed E-state index contributed by atoms with van der Waals surface area (Å²) in [4.78, 5) is 0. The van der Waals surface area contributed by atoms with Gasteiger partial charge in [-0.15, -0.1) is 0 Å². The van der Waals surface area contributed by atoms with Crippen molar-refractivity contribution in [2.24, 2.45) is 0 Å². The molecule has 0 aliphatic heterocycles. The van der Waals surface area contributed by atoms with Gasteiger partial charge in [0.15, 0.2) is 0 Å². The van der Waals surface area contributed by atoms with Crippen LogP contribution in [0.3, 0.4) is 0 Å². The molecule has 0 aromatic heterocycles. The lowest BCUT2D eigenvalue weighted by Crippen LogP contribution is -2.02. The van der Waals surface area contributed by atoms with Crippen molar-refractivity contribution in [2.75, 3.05) is 0 Å². The zero-order valence-electron chi connectivity index (χ0n) is 17.8. The predicted octanol–water partition coefficient (Wildman–Crippen LogP) is 8.27. The molecular weight excluding hydrogens is 336 g/mol. The molecule has 0 nitrogen and oxygen atoms in total. The molecule has 0 heteroatoms. The number of benzene rings is 3. The van der Waals surface area contributed by atoms with Gasteiger partial charge >= 0.3 is 0 Å². The summed E-state index contributed by atoms with van der Waals surface area (Å²) in [5.41, 5.74) is 10.1. The molecule has 0 amide bonds. The van der Waals surface area contributed by atoms with Crippen molar-refractivity contribution < 1.29 is 0 Å². The fourth-order valence-corrected chi connectivity index (χ4v) is 4.17. The second-order valence-corrected chi connectivity index (χ2v) is 7.78.